The average Bonchev–Trinajstić information content (AvgIpc) is 2.75. The Kier molecular flexibility index (Phi) is 4.50. The number of nitrogen functional groups attached to an aromatic ring is 1. The summed E-state index contributed by atoms with van der Waals surface area (Å²) in [6, 6.07) is 0.338. The zero-order valence-electron chi connectivity index (χ0n) is 12.6. The molecule has 0 bridgehead atoms. The fraction of sp³-hybridized carbons (Fsp3) is 0.643. The zero-order valence-corrected chi connectivity index (χ0v) is 12.6. The highest BCUT2D eigenvalue weighted by atomic mass is 16.5. The zero-order chi connectivity index (χ0) is 15.6. The van der Waals surface area contributed by atoms with Crippen molar-refractivity contribution in [3.63, 3.8) is 0 Å². The summed E-state index contributed by atoms with van der Waals surface area (Å²) in [5.74, 6) is -0.961. The minimum Gasteiger partial charge on any atom is -0.452 e. The van der Waals surface area contributed by atoms with E-state index >= 15 is 0 Å². The number of nitrogens with zero attached hydrogens (tertiary/aromatic N) is 2. The lowest BCUT2D eigenvalue weighted by Gasteiger charge is -2.38. The maximum atomic E-state index is 12.2. The molecular formula is C14H21N3O4. The lowest BCUT2D eigenvalue weighted by atomic mass is 9.97. The Morgan fingerprint density at radius 2 is 2.00 bits per heavy atom. The number of carbonyl (C=O) groups excluding carboxylic acids is 2. The first-order chi connectivity index (χ1) is 9.91. The summed E-state index contributed by atoms with van der Waals surface area (Å²) >= 11 is 0. The predicted molar refractivity (Wildman–Crippen MR) is 75.6 cm³/mol. The smallest absolute Gasteiger partial charge is 0.346 e. The molecule has 7 nitrogen and oxygen atoms in total. The van der Waals surface area contributed by atoms with E-state index in [0.717, 1.165) is 19.3 Å². The molecule has 0 aromatic carbocycles. The van der Waals surface area contributed by atoms with Crippen molar-refractivity contribution in [2.45, 2.75) is 52.1 Å². The minimum absolute atomic E-state index is 0.0857. The second kappa shape index (κ2) is 6.15. The molecule has 1 saturated heterocycles. The summed E-state index contributed by atoms with van der Waals surface area (Å²) in [5.41, 5.74) is 5.95. The number of carbonyl (C=O) groups is 2. The highest BCUT2D eigenvalue weighted by Crippen LogP contribution is 2.23. The fourth-order valence-corrected chi connectivity index (χ4v) is 2.82. The van der Waals surface area contributed by atoms with Gasteiger partial charge in [-0.25, -0.2) is 4.79 Å². The van der Waals surface area contributed by atoms with Gasteiger partial charge in [0.1, 0.15) is 5.56 Å². The van der Waals surface area contributed by atoms with Gasteiger partial charge in [-0.2, -0.15) is 0 Å². The number of nitrogens with two attached hydrogens (primary N) is 1. The van der Waals surface area contributed by atoms with Crippen LogP contribution in [0.1, 0.15) is 49.2 Å². The van der Waals surface area contributed by atoms with Crippen molar-refractivity contribution in [2.24, 2.45) is 0 Å². The number of amides is 1. The average molecular weight is 295 g/mol. The highest BCUT2D eigenvalue weighted by molar-refractivity contribution is 5.96. The van der Waals surface area contributed by atoms with Crippen LogP contribution in [0.15, 0.2) is 4.52 Å². The molecule has 2 heterocycles. The Bertz CT molecular complexity index is 511. The molecule has 0 aliphatic carbocycles. The van der Waals surface area contributed by atoms with Gasteiger partial charge in [0.25, 0.3) is 5.91 Å². The number of ether oxygens (including phenoxy) is 1. The summed E-state index contributed by atoms with van der Waals surface area (Å²) in [6.07, 6.45) is 3.06. The second-order valence-electron chi connectivity index (χ2n) is 5.51. The van der Waals surface area contributed by atoms with E-state index in [4.69, 9.17) is 15.0 Å². The van der Waals surface area contributed by atoms with E-state index < -0.39 is 5.97 Å². The van der Waals surface area contributed by atoms with Gasteiger partial charge >= 0.3 is 5.97 Å². The fourth-order valence-electron chi connectivity index (χ4n) is 2.82. The van der Waals surface area contributed by atoms with E-state index in [2.05, 4.69) is 5.16 Å². The van der Waals surface area contributed by atoms with E-state index in [1.807, 2.05) is 13.8 Å². The van der Waals surface area contributed by atoms with Crippen LogP contribution in [0.25, 0.3) is 0 Å². The molecule has 1 aliphatic heterocycles. The molecule has 1 aromatic heterocycles. The number of hydrogen-bond acceptors (Lipinski definition) is 6. The summed E-state index contributed by atoms with van der Waals surface area (Å²) < 4.78 is 9.75. The maximum absolute atomic E-state index is 12.2. The molecule has 0 radical (unpaired) electrons. The van der Waals surface area contributed by atoms with Gasteiger partial charge in [-0.05, 0) is 40.0 Å². The van der Waals surface area contributed by atoms with E-state index in [9.17, 15) is 9.59 Å². The Morgan fingerprint density at radius 3 is 2.52 bits per heavy atom. The predicted octanol–water partition coefficient (Wildman–Crippen LogP) is 1.51. The first-order valence-corrected chi connectivity index (χ1v) is 7.11. The summed E-state index contributed by atoms with van der Waals surface area (Å²) in [6.45, 7) is 5.32. The summed E-state index contributed by atoms with van der Waals surface area (Å²) in [7, 11) is 0. The third-order valence-electron chi connectivity index (χ3n) is 3.90. The number of piperidine rings is 1. The van der Waals surface area contributed by atoms with Crippen molar-refractivity contribution >= 4 is 17.8 Å². The normalized spacial score (nSPS) is 22.1. The van der Waals surface area contributed by atoms with Crippen LogP contribution in [0.4, 0.5) is 5.88 Å². The number of aromatic nitrogens is 1. The first-order valence-electron chi connectivity index (χ1n) is 7.11. The second-order valence-corrected chi connectivity index (χ2v) is 5.51. The van der Waals surface area contributed by atoms with Crippen LogP contribution in [0, 0.1) is 6.92 Å². The molecule has 1 aliphatic rings. The SMILES string of the molecule is Cc1noc(N)c1C(=O)OCC(=O)N1[C@@H](C)CCC[C@@H]1C. The molecule has 7 heteroatoms. The highest BCUT2D eigenvalue weighted by Gasteiger charge is 2.30. The Labute approximate surface area is 123 Å². The van der Waals surface area contributed by atoms with Crippen molar-refractivity contribution in [2.75, 3.05) is 12.3 Å². The largest absolute Gasteiger partial charge is 0.452 e. The van der Waals surface area contributed by atoms with Gasteiger partial charge in [-0.3, -0.25) is 4.79 Å². The van der Waals surface area contributed by atoms with Crippen LogP contribution in [0.5, 0.6) is 0 Å². The molecule has 2 rings (SSSR count). The lowest BCUT2D eigenvalue weighted by molar-refractivity contribution is -0.140. The van der Waals surface area contributed by atoms with Gasteiger partial charge in [-0.15, -0.1) is 0 Å². The molecule has 1 aromatic rings. The van der Waals surface area contributed by atoms with Gasteiger partial charge < -0.3 is 19.9 Å². The van der Waals surface area contributed by atoms with Crippen molar-refractivity contribution in [3.05, 3.63) is 11.3 Å². The van der Waals surface area contributed by atoms with Gasteiger partial charge in [0.05, 0.1) is 5.69 Å². The maximum Gasteiger partial charge on any atom is 0.346 e. The molecule has 0 saturated carbocycles. The summed E-state index contributed by atoms with van der Waals surface area (Å²) in [4.78, 5) is 26.0. The molecule has 2 N–H and O–H groups in total. The van der Waals surface area contributed by atoms with Crippen molar-refractivity contribution in [3.8, 4) is 0 Å². The monoisotopic (exact) mass is 295 g/mol. The lowest BCUT2D eigenvalue weighted by Crippen LogP contribution is -2.49. The summed E-state index contributed by atoms with van der Waals surface area (Å²) in [5, 5.41) is 3.58. The van der Waals surface area contributed by atoms with E-state index in [-0.39, 0.29) is 36.0 Å². The van der Waals surface area contributed by atoms with Crippen LogP contribution in [0.2, 0.25) is 0 Å². The van der Waals surface area contributed by atoms with E-state index in [1.54, 1.807) is 11.8 Å². The molecule has 1 fully saturated rings. The third-order valence-corrected chi connectivity index (χ3v) is 3.90. The van der Waals surface area contributed by atoms with E-state index in [0.29, 0.717) is 5.69 Å². The molecule has 1 amide bonds. The molecule has 116 valence electrons. The molecule has 0 spiro atoms. The number of rotatable bonds is 3. The third kappa shape index (κ3) is 3.17. The van der Waals surface area contributed by atoms with Crippen molar-refractivity contribution in [1.29, 1.82) is 0 Å². The van der Waals surface area contributed by atoms with Gasteiger partial charge in [-0.1, -0.05) is 5.16 Å². The van der Waals surface area contributed by atoms with E-state index in [1.165, 1.54) is 0 Å². The van der Waals surface area contributed by atoms with Crippen LogP contribution >= 0.6 is 0 Å². The van der Waals surface area contributed by atoms with Crippen molar-refractivity contribution < 1.29 is 18.8 Å². The molecule has 21 heavy (non-hydrogen) atoms. The topological polar surface area (TPSA) is 98.7 Å². The molecule has 2 atom stereocenters. The molecule has 0 unspecified atom stereocenters. The van der Waals surface area contributed by atoms with Gasteiger partial charge in [0, 0.05) is 12.1 Å². The van der Waals surface area contributed by atoms with Crippen LogP contribution in [-0.4, -0.2) is 40.6 Å². The minimum atomic E-state index is -0.683. The number of esters is 1. The Balaban J connectivity index is 1.96. The van der Waals surface area contributed by atoms with Crippen molar-refractivity contribution in [1.82, 2.24) is 10.1 Å². The quantitative estimate of drug-likeness (QED) is 0.849. The van der Waals surface area contributed by atoms with Gasteiger partial charge in [0.15, 0.2) is 6.61 Å². The van der Waals surface area contributed by atoms with Crippen LogP contribution in [0.3, 0.4) is 0 Å². The van der Waals surface area contributed by atoms with Crippen LogP contribution < -0.4 is 5.73 Å². The van der Waals surface area contributed by atoms with Crippen LogP contribution in [-0.2, 0) is 9.53 Å². The molecular weight excluding hydrogens is 274 g/mol. The number of aryl methyl sites for hydroxylation is 1. The van der Waals surface area contributed by atoms with Gasteiger partial charge in [0.2, 0.25) is 5.88 Å². The Morgan fingerprint density at radius 1 is 1.38 bits per heavy atom. The standard InChI is InChI=1S/C14H21N3O4/c1-8-5-4-6-9(2)17(8)11(18)7-20-14(19)12-10(3)16-21-13(12)15/h8-9H,4-7,15H2,1-3H3/t8-,9-/m0/s1. The Hall–Kier alpha value is -2.05. The number of hydrogen-bond donors (Lipinski definition) is 1. The number of likely N-dealkylation sites (tertiary alicyclic amines) is 1. The first kappa shape index (κ1) is 15.3. The number of anilines is 1.